The van der Waals surface area contributed by atoms with Crippen molar-refractivity contribution in [3.05, 3.63) is 0 Å². The zero-order chi connectivity index (χ0) is 17.5. The molecule has 2 atom stereocenters. The molecule has 0 bridgehead atoms. The number of carbonyl (C=O) groups excluding carboxylic acids is 1. The van der Waals surface area contributed by atoms with Gasteiger partial charge in [0, 0.05) is 19.2 Å². The van der Waals surface area contributed by atoms with Crippen molar-refractivity contribution in [3.63, 3.8) is 0 Å². The molecular formula is C17H28N4O2S2. The van der Waals surface area contributed by atoms with Crippen LogP contribution in [0, 0.1) is 0 Å². The minimum atomic E-state index is -0.151. The number of nitrogens with zero attached hydrogens (tertiary/aromatic N) is 2. The molecule has 0 unspecified atom stereocenters. The standard InChI is InChI=1S/C17H28N4O2S2/c1-12(15(22)19-13-7-4-2-3-5-8-13)24-17-21-20-16(25-17)18-11-14-9-6-10-23-14/h12-14H,2-11H2,1H3,(H,18,20)(H,19,22)/t12-,14+/m0/s1. The van der Waals surface area contributed by atoms with Crippen molar-refractivity contribution in [2.45, 2.75) is 80.0 Å². The van der Waals surface area contributed by atoms with Crippen LogP contribution >= 0.6 is 23.1 Å². The Bertz CT molecular complexity index is 541. The Hall–Kier alpha value is -0.860. The fourth-order valence-corrected chi connectivity index (χ4v) is 5.19. The summed E-state index contributed by atoms with van der Waals surface area (Å²) in [6.07, 6.45) is 9.78. The smallest absolute Gasteiger partial charge is 0.233 e. The topological polar surface area (TPSA) is 76.1 Å². The fraction of sp³-hybridized carbons (Fsp3) is 0.824. The van der Waals surface area contributed by atoms with E-state index in [2.05, 4.69) is 20.8 Å². The van der Waals surface area contributed by atoms with Gasteiger partial charge >= 0.3 is 0 Å². The summed E-state index contributed by atoms with van der Waals surface area (Å²) in [6.45, 7) is 3.58. The average molecular weight is 385 g/mol. The van der Waals surface area contributed by atoms with Crippen LogP contribution < -0.4 is 10.6 Å². The number of nitrogens with one attached hydrogen (secondary N) is 2. The predicted octanol–water partition coefficient (Wildman–Crippen LogP) is 3.45. The molecule has 6 nitrogen and oxygen atoms in total. The highest BCUT2D eigenvalue weighted by Gasteiger charge is 2.21. The Morgan fingerprint density at radius 2 is 2.04 bits per heavy atom. The number of rotatable bonds is 7. The Kier molecular flexibility index (Phi) is 7.36. The number of ether oxygens (including phenoxy) is 1. The molecule has 1 saturated carbocycles. The van der Waals surface area contributed by atoms with Gasteiger partial charge in [-0.05, 0) is 32.6 Å². The highest BCUT2D eigenvalue weighted by atomic mass is 32.2. The van der Waals surface area contributed by atoms with E-state index in [4.69, 9.17) is 4.74 Å². The van der Waals surface area contributed by atoms with Crippen LogP contribution in [0.2, 0.25) is 0 Å². The van der Waals surface area contributed by atoms with Gasteiger partial charge in [0.15, 0.2) is 4.34 Å². The van der Waals surface area contributed by atoms with Crippen LogP contribution in [-0.4, -0.2) is 46.7 Å². The van der Waals surface area contributed by atoms with Crippen LogP contribution in [0.1, 0.15) is 58.3 Å². The maximum Gasteiger partial charge on any atom is 0.233 e. The van der Waals surface area contributed by atoms with E-state index in [0.717, 1.165) is 48.3 Å². The molecule has 1 aromatic rings. The molecule has 25 heavy (non-hydrogen) atoms. The monoisotopic (exact) mass is 384 g/mol. The molecule has 2 N–H and O–H groups in total. The molecular weight excluding hydrogens is 356 g/mol. The summed E-state index contributed by atoms with van der Waals surface area (Å²) in [5.74, 6) is 0.112. The maximum absolute atomic E-state index is 12.4. The molecule has 2 heterocycles. The van der Waals surface area contributed by atoms with Crippen molar-refractivity contribution in [2.24, 2.45) is 0 Å². The van der Waals surface area contributed by atoms with Gasteiger partial charge in [-0.3, -0.25) is 4.79 Å². The molecule has 3 rings (SSSR count). The number of anilines is 1. The van der Waals surface area contributed by atoms with Gasteiger partial charge in [-0.25, -0.2) is 0 Å². The van der Waals surface area contributed by atoms with E-state index in [-0.39, 0.29) is 17.3 Å². The lowest BCUT2D eigenvalue weighted by Crippen LogP contribution is -2.39. The number of hydrogen-bond acceptors (Lipinski definition) is 7. The molecule has 1 aliphatic heterocycles. The summed E-state index contributed by atoms with van der Waals surface area (Å²) in [5, 5.41) is 15.5. The third-order valence-corrected chi connectivity index (χ3v) is 6.82. The van der Waals surface area contributed by atoms with E-state index in [1.807, 2.05) is 6.92 Å². The molecule has 0 spiro atoms. The first kappa shape index (κ1) is 18.9. The minimum absolute atomic E-state index is 0.112. The van der Waals surface area contributed by atoms with Crippen molar-refractivity contribution in [3.8, 4) is 0 Å². The number of amides is 1. The zero-order valence-electron chi connectivity index (χ0n) is 14.8. The molecule has 8 heteroatoms. The summed E-state index contributed by atoms with van der Waals surface area (Å²) >= 11 is 2.99. The number of aromatic nitrogens is 2. The predicted molar refractivity (Wildman–Crippen MR) is 102 cm³/mol. The van der Waals surface area contributed by atoms with Crippen molar-refractivity contribution in [1.29, 1.82) is 0 Å². The maximum atomic E-state index is 12.4. The first-order valence-electron chi connectivity index (χ1n) is 9.37. The molecule has 1 saturated heterocycles. The molecule has 0 aromatic carbocycles. The van der Waals surface area contributed by atoms with Crippen LogP contribution in [0.5, 0.6) is 0 Å². The van der Waals surface area contributed by atoms with Gasteiger partial charge < -0.3 is 15.4 Å². The van der Waals surface area contributed by atoms with Gasteiger partial charge in [0.05, 0.1) is 11.4 Å². The first-order valence-corrected chi connectivity index (χ1v) is 11.1. The second-order valence-corrected chi connectivity index (χ2v) is 9.41. The Morgan fingerprint density at radius 3 is 2.76 bits per heavy atom. The van der Waals surface area contributed by atoms with Gasteiger partial charge in [0.25, 0.3) is 0 Å². The van der Waals surface area contributed by atoms with Crippen molar-refractivity contribution < 1.29 is 9.53 Å². The molecule has 2 aliphatic rings. The molecule has 0 radical (unpaired) electrons. The highest BCUT2D eigenvalue weighted by Crippen LogP contribution is 2.29. The normalized spacial score (nSPS) is 23.2. The third-order valence-electron chi connectivity index (χ3n) is 4.76. The number of carbonyl (C=O) groups is 1. The largest absolute Gasteiger partial charge is 0.376 e. The summed E-state index contributed by atoms with van der Waals surface area (Å²) in [5.41, 5.74) is 0. The Balaban J connectivity index is 1.42. The lowest BCUT2D eigenvalue weighted by Gasteiger charge is -2.18. The summed E-state index contributed by atoms with van der Waals surface area (Å²) in [7, 11) is 0. The summed E-state index contributed by atoms with van der Waals surface area (Å²) < 4.78 is 6.43. The minimum Gasteiger partial charge on any atom is -0.376 e. The van der Waals surface area contributed by atoms with Crippen LogP contribution in [0.3, 0.4) is 0 Å². The van der Waals surface area contributed by atoms with Gasteiger partial charge in [-0.15, -0.1) is 10.2 Å². The van der Waals surface area contributed by atoms with Gasteiger partial charge in [-0.1, -0.05) is 48.8 Å². The number of thioether (sulfide) groups is 1. The number of hydrogen-bond donors (Lipinski definition) is 2. The second kappa shape index (κ2) is 9.73. The molecule has 1 aromatic heterocycles. The summed E-state index contributed by atoms with van der Waals surface area (Å²) in [4.78, 5) is 12.4. The second-order valence-electron chi connectivity index (χ2n) is 6.85. The van der Waals surface area contributed by atoms with Gasteiger partial charge in [-0.2, -0.15) is 0 Å². The third kappa shape index (κ3) is 6.11. The Labute approximate surface area is 157 Å². The molecule has 1 aliphatic carbocycles. The van der Waals surface area contributed by atoms with Crippen LogP contribution in [0.4, 0.5) is 5.13 Å². The lowest BCUT2D eigenvalue weighted by molar-refractivity contribution is -0.121. The SMILES string of the molecule is C[C@H](Sc1nnc(NC[C@H]2CCCO2)s1)C(=O)NC1CCCCCC1. The van der Waals surface area contributed by atoms with Crippen molar-refractivity contribution >= 4 is 34.1 Å². The van der Waals surface area contributed by atoms with E-state index in [0.29, 0.717) is 6.04 Å². The Morgan fingerprint density at radius 1 is 1.24 bits per heavy atom. The molecule has 1 amide bonds. The average Bonchev–Trinajstić information content (AvgIpc) is 3.21. The summed E-state index contributed by atoms with van der Waals surface area (Å²) in [6, 6.07) is 0.344. The lowest BCUT2D eigenvalue weighted by atomic mass is 10.1. The van der Waals surface area contributed by atoms with Crippen LogP contribution in [0.25, 0.3) is 0 Å². The van der Waals surface area contributed by atoms with Gasteiger partial charge in [0.2, 0.25) is 11.0 Å². The zero-order valence-corrected chi connectivity index (χ0v) is 16.5. The first-order chi connectivity index (χ1) is 12.2. The highest BCUT2D eigenvalue weighted by molar-refractivity contribution is 8.02. The fourth-order valence-electron chi connectivity index (χ4n) is 3.28. The van der Waals surface area contributed by atoms with Crippen molar-refractivity contribution in [1.82, 2.24) is 15.5 Å². The van der Waals surface area contributed by atoms with E-state index in [1.54, 1.807) is 0 Å². The van der Waals surface area contributed by atoms with Crippen molar-refractivity contribution in [2.75, 3.05) is 18.5 Å². The van der Waals surface area contributed by atoms with E-state index in [9.17, 15) is 4.79 Å². The van der Waals surface area contributed by atoms with E-state index in [1.165, 1.54) is 48.8 Å². The van der Waals surface area contributed by atoms with Gasteiger partial charge in [0.1, 0.15) is 0 Å². The van der Waals surface area contributed by atoms with Crippen LogP contribution in [-0.2, 0) is 9.53 Å². The molecule has 140 valence electrons. The van der Waals surface area contributed by atoms with Crippen LogP contribution in [0.15, 0.2) is 4.34 Å². The molecule has 2 fully saturated rings. The van der Waals surface area contributed by atoms with E-state index >= 15 is 0 Å². The quantitative estimate of drug-likeness (QED) is 0.554. The van der Waals surface area contributed by atoms with E-state index < -0.39 is 0 Å².